The zero-order valence-corrected chi connectivity index (χ0v) is 15.4. The lowest BCUT2D eigenvalue weighted by atomic mass is 10.0. The summed E-state index contributed by atoms with van der Waals surface area (Å²) in [5.41, 5.74) is 0.520. The van der Waals surface area contributed by atoms with Crippen LogP contribution < -0.4 is 10.6 Å². The Balaban J connectivity index is 2.57. The number of aliphatic hydroxyl groups excluding tert-OH is 1. The van der Waals surface area contributed by atoms with Gasteiger partial charge < -0.3 is 15.7 Å². The summed E-state index contributed by atoms with van der Waals surface area (Å²) in [5.74, 6) is 0.817. The molecule has 0 aliphatic heterocycles. The fourth-order valence-corrected chi connectivity index (χ4v) is 2.81. The van der Waals surface area contributed by atoms with Gasteiger partial charge in [-0.1, -0.05) is 31.0 Å². The van der Waals surface area contributed by atoms with Gasteiger partial charge in [-0.25, -0.2) is 4.39 Å². The Kier molecular flexibility index (Phi) is 10.4. The average Bonchev–Trinajstić information content (AvgIpc) is 2.55. The highest BCUT2D eigenvalue weighted by atomic mass is 35.5. The molecule has 0 radical (unpaired) electrons. The number of benzene rings is 1. The predicted molar refractivity (Wildman–Crippen MR) is 99.2 cm³/mol. The van der Waals surface area contributed by atoms with E-state index in [0.717, 1.165) is 25.8 Å². The quantitative estimate of drug-likeness (QED) is 0.444. The van der Waals surface area contributed by atoms with Crippen LogP contribution in [0.15, 0.2) is 23.2 Å². The molecule has 0 aromatic heterocycles. The van der Waals surface area contributed by atoms with Gasteiger partial charge in [0.25, 0.3) is 0 Å². The van der Waals surface area contributed by atoms with Gasteiger partial charge in [-0.05, 0) is 44.2 Å². The van der Waals surface area contributed by atoms with Crippen LogP contribution in [-0.4, -0.2) is 37.3 Å². The summed E-state index contributed by atoms with van der Waals surface area (Å²) in [5, 5.41) is 16.0. The number of nitrogens with one attached hydrogen (secondary N) is 2. The van der Waals surface area contributed by atoms with Gasteiger partial charge in [0.05, 0.1) is 0 Å². The van der Waals surface area contributed by atoms with E-state index in [-0.39, 0.29) is 12.4 Å². The third kappa shape index (κ3) is 7.49. The monoisotopic (exact) mass is 357 g/mol. The number of rotatable bonds is 10. The Morgan fingerprint density at radius 1 is 1.29 bits per heavy atom. The minimum atomic E-state index is -0.280. The normalized spacial score (nSPS) is 13.0. The van der Waals surface area contributed by atoms with Crippen molar-refractivity contribution < 1.29 is 9.50 Å². The lowest BCUT2D eigenvalue weighted by molar-refractivity contribution is 0.253. The highest BCUT2D eigenvalue weighted by molar-refractivity contribution is 6.31. The maximum absolute atomic E-state index is 13.8. The standard InChI is InChI=1S/C18H29ClFN3O/c1-3-6-14(10-12-24)13-23-18(21-4-2)22-11-9-15-16(19)7-5-8-17(15)20/h5,7-8,14,24H,3-4,6,9-13H2,1-2H3,(H2,21,22,23). The topological polar surface area (TPSA) is 56.7 Å². The molecule has 6 heteroatoms. The molecule has 0 aliphatic rings. The van der Waals surface area contributed by atoms with E-state index < -0.39 is 0 Å². The molecular formula is C18H29ClFN3O. The first-order chi connectivity index (χ1) is 11.6. The maximum atomic E-state index is 13.8. The second-order valence-corrected chi connectivity index (χ2v) is 6.17. The summed E-state index contributed by atoms with van der Waals surface area (Å²) in [6.45, 7) is 6.30. The summed E-state index contributed by atoms with van der Waals surface area (Å²) in [6, 6.07) is 4.73. The Bertz CT molecular complexity index is 485. The first-order valence-corrected chi connectivity index (χ1v) is 9.06. The molecule has 1 aromatic carbocycles. The zero-order chi connectivity index (χ0) is 17.8. The zero-order valence-electron chi connectivity index (χ0n) is 14.6. The maximum Gasteiger partial charge on any atom is 0.191 e. The second-order valence-electron chi connectivity index (χ2n) is 5.76. The molecule has 0 fully saturated rings. The van der Waals surface area contributed by atoms with Crippen molar-refractivity contribution in [2.75, 3.05) is 26.2 Å². The minimum Gasteiger partial charge on any atom is -0.396 e. The van der Waals surface area contributed by atoms with Crippen LogP contribution in [0.4, 0.5) is 4.39 Å². The smallest absolute Gasteiger partial charge is 0.191 e. The first-order valence-electron chi connectivity index (χ1n) is 8.68. The number of nitrogens with zero attached hydrogens (tertiary/aromatic N) is 1. The molecule has 0 heterocycles. The van der Waals surface area contributed by atoms with Crippen LogP contribution in [-0.2, 0) is 6.42 Å². The number of hydrogen-bond donors (Lipinski definition) is 3. The Labute approximate surface area is 149 Å². The number of hydrogen-bond acceptors (Lipinski definition) is 2. The lowest BCUT2D eigenvalue weighted by Gasteiger charge is -2.15. The number of guanidine groups is 1. The highest BCUT2D eigenvalue weighted by Crippen LogP contribution is 2.19. The van der Waals surface area contributed by atoms with Gasteiger partial charge in [0.1, 0.15) is 5.82 Å². The van der Waals surface area contributed by atoms with Crippen LogP contribution >= 0.6 is 11.6 Å². The van der Waals surface area contributed by atoms with Crippen LogP contribution in [0, 0.1) is 11.7 Å². The minimum absolute atomic E-state index is 0.190. The van der Waals surface area contributed by atoms with Crippen LogP contribution in [0.1, 0.15) is 38.7 Å². The molecule has 3 N–H and O–H groups in total. The van der Waals surface area contributed by atoms with Gasteiger partial charge in [0.15, 0.2) is 5.96 Å². The fraction of sp³-hybridized carbons (Fsp3) is 0.611. The predicted octanol–water partition coefficient (Wildman–Crippen LogP) is 3.38. The molecule has 0 aliphatic carbocycles. The molecule has 1 rings (SSSR count). The summed E-state index contributed by atoms with van der Waals surface area (Å²) in [4.78, 5) is 4.58. The van der Waals surface area contributed by atoms with E-state index in [4.69, 9.17) is 16.7 Å². The number of aliphatic imine (C=N–C) groups is 1. The van der Waals surface area contributed by atoms with Gasteiger partial charge >= 0.3 is 0 Å². The highest BCUT2D eigenvalue weighted by Gasteiger charge is 2.09. The van der Waals surface area contributed by atoms with Crippen molar-refractivity contribution >= 4 is 17.6 Å². The van der Waals surface area contributed by atoms with Crippen molar-refractivity contribution in [3.63, 3.8) is 0 Å². The number of aliphatic hydroxyl groups is 1. The van der Waals surface area contributed by atoms with Gasteiger partial charge in [-0.3, -0.25) is 4.99 Å². The van der Waals surface area contributed by atoms with Crippen molar-refractivity contribution in [3.8, 4) is 0 Å². The van der Waals surface area contributed by atoms with E-state index in [2.05, 4.69) is 22.5 Å². The summed E-state index contributed by atoms with van der Waals surface area (Å²) < 4.78 is 13.8. The molecule has 1 unspecified atom stereocenters. The van der Waals surface area contributed by atoms with E-state index in [1.54, 1.807) is 12.1 Å². The van der Waals surface area contributed by atoms with Gasteiger partial charge in [0.2, 0.25) is 0 Å². The van der Waals surface area contributed by atoms with Crippen molar-refractivity contribution in [2.45, 2.75) is 39.5 Å². The molecule has 0 amide bonds. The van der Waals surface area contributed by atoms with Crippen molar-refractivity contribution in [1.82, 2.24) is 10.6 Å². The van der Waals surface area contributed by atoms with Crippen LogP contribution in [0.2, 0.25) is 5.02 Å². The van der Waals surface area contributed by atoms with Crippen molar-refractivity contribution in [1.29, 1.82) is 0 Å². The average molecular weight is 358 g/mol. The van der Waals surface area contributed by atoms with Gasteiger partial charge in [-0.15, -0.1) is 0 Å². The van der Waals surface area contributed by atoms with E-state index in [9.17, 15) is 4.39 Å². The largest absolute Gasteiger partial charge is 0.396 e. The molecule has 0 spiro atoms. The Hall–Kier alpha value is -1.33. The molecule has 1 atom stereocenters. The third-order valence-electron chi connectivity index (χ3n) is 3.82. The molecule has 24 heavy (non-hydrogen) atoms. The molecule has 0 bridgehead atoms. The third-order valence-corrected chi connectivity index (χ3v) is 4.17. The summed E-state index contributed by atoms with van der Waals surface area (Å²) in [6.07, 6.45) is 3.39. The molecule has 1 aromatic rings. The lowest BCUT2D eigenvalue weighted by Crippen LogP contribution is -2.38. The molecule has 0 saturated heterocycles. The Morgan fingerprint density at radius 2 is 2.08 bits per heavy atom. The van der Waals surface area contributed by atoms with E-state index in [0.29, 0.717) is 42.0 Å². The second kappa shape index (κ2) is 12.1. The molecule has 0 saturated carbocycles. The van der Waals surface area contributed by atoms with Gasteiger partial charge in [-0.2, -0.15) is 0 Å². The van der Waals surface area contributed by atoms with E-state index in [1.807, 2.05) is 6.92 Å². The van der Waals surface area contributed by atoms with Gasteiger partial charge in [0, 0.05) is 36.8 Å². The summed E-state index contributed by atoms with van der Waals surface area (Å²) >= 11 is 6.04. The van der Waals surface area contributed by atoms with Crippen molar-refractivity contribution in [2.24, 2.45) is 10.9 Å². The molecular weight excluding hydrogens is 329 g/mol. The fourth-order valence-electron chi connectivity index (χ4n) is 2.56. The Morgan fingerprint density at radius 3 is 2.71 bits per heavy atom. The first kappa shape index (κ1) is 20.7. The summed E-state index contributed by atoms with van der Waals surface area (Å²) in [7, 11) is 0. The number of halogens is 2. The molecule has 136 valence electrons. The van der Waals surface area contributed by atoms with E-state index >= 15 is 0 Å². The molecule has 4 nitrogen and oxygen atoms in total. The van der Waals surface area contributed by atoms with Crippen molar-refractivity contribution in [3.05, 3.63) is 34.6 Å². The van der Waals surface area contributed by atoms with Crippen LogP contribution in [0.3, 0.4) is 0 Å². The SMILES string of the molecule is CCCC(CCO)CN=C(NCC)NCCc1c(F)cccc1Cl. The van der Waals surface area contributed by atoms with Crippen LogP contribution in [0.5, 0.6) is 0 Å². The van der Waals surface area contributed by atoms with E-state index in [1.165, 1.54) is 6.07 Å². The van der Waals surface area contributed by atoms with Crippen LogP contribution in [0.25, 0.3) is 0 Å².